The van der Waals surface area contributed by atoms with E-state index in [0.717, 1.165) is 51.5 Å². The number of morpholine rings is 1. The summed E-state index contributed by atoms with van der Waals surface area (Å²) in [5.74, 6) is 0.630. The second-order valence-electron chi connectivity index (χ2n) is 6.61. The van der Waals surface area contributed by atoms with E-state index in [1.54, 1.807) is 10.7 Å². The van der Waals surface area contributed by atoms with Crippen molar-refractivity contribution >= 4 is 11.6 Å². The molecule has 7 heteroatoms. The first-order chi connectivity index (χ1) is 11.8. The third-order valence-corrected chi connectivity index (χ3v) is 5.27. The van der Waals surface area contributed by atoms with Crippen molar-refractivity contribution in [3.63, 3.8) is 0 Å². The van der Waals surface area contributed by atoms with E-state index in [2.05, 4.69) is 22.0 Å². The fourth-order valence-electron chi connectivity index (χ4n) is 3.88. The Morgan fingerprint density at radius 2 is 2.12 bits per heavy atom. The first kappa shape index (κ1) is 15.5. The van der Waals surface area contributed by atoms with Crippen LogP contribution in [-0.4, -0.2) is 75.7 Å². The smallest absolute Gasteiger partial charge is 0.255 e. The number of carbonyl (C=O) groups excluding carboxylic acids is 1. The maximum atomic E-state index is 12.9. The molecule has 128 valence electrons. The molecule has 0 aliphatic carbocycles. The van der Waals surface area contributed by atoms with E-state index >= 15 is 0 Å². The number of hydrogen-bond acceptors (Lipinski definition) is 5. The molecule has 0 unspecified atom stereocenters. The summed E-state index contributed by atoms with van der Waals surface area (Å²) in [6, 6.07) is 4.13. The second-order valence-corrected chi connectivity index (χ2v) is 6.61. The van der Waals surface area contributed by atoms with Crippen LogP contribution in [0, 0.1) is 5.92 Å². The molecule has 2 aromatic rings. The van der Waals surface area contributed by atoms with Crippen molar-refractivity contribution < 1.29 is 9.53 Å². The summed E-state index contributed by atoms with van der Waals surface area (Å²) in [7, 11) is 0. The van der Waals surface area contributed by atoms with Gasteiger partial charge in [0.2, 0.25) is 0 Å². The van der Waals surface area contributed by atoms with E-state index in [1.807, 2.05) is 23.2 Å². The van der Waals surface area contributed by atoms with Gasteiger partial charge in [0, 0.05) is 38.4 Å². The highest BCUT2D eigenvalue weighted by atomic mass is 16.5. The lowest BCUT2D eigenvalue weighted by Gasteiger charge is -2.34. The molecule has 0 radical (unpaired) electrons. The number of aromatic nitrogens is 3. The van der Waals surface area contributed by atoms with Crippen LogP contribution in [-0.2, 0) is 4.74 Å². The van der Waals surface area contributed by atoms with Gasteiger partial charge in [0.1, 0.15) is 6.33 Å². The first-order valence-corrected chi connectivity index (χ1v) is 8.66. The Labute approximate surface area is 141 Å². The van der Waals surface area contributed by atoms with Gasteiger partial charge in [-0.05, 0) is 18.1 Å². The Balaban J connectivity index is 1.51. The van der Waals surface area contributed by atoms with Gasteiger partial charge in [-0.3, -0.25) is 14.1 Å². The molecule has 0 bridgehead atoms. The van der Waals surface area contributed by atoms with Crippen molar-refractivity contribution in [3.05, 3.63) is 30.2 Å². The Hall–Kier alpha value is -1.99. The van der Waals surface area contributed by atoms with Crippen LogP contribution >= 0.6 is 0 Å². The maximum Gasteiger partial charge on any atom is 0.255 e. The molecule has 2 atom stereocenters. The summed E-state index contributed by atoms with van der Waals surface area (Å²) in [4.78, 5) is 17.4. The van der Waals surface area contributed by atoms with Crippen molar-refractivity contribution in [1.29, 1.82) is 0 Å². The molecule has 0 N–H and O–H groups in total. The van der Waals surface area contributed by atoms with Crippen molar-refractivity contribution in [1.82, 2.24) is 24.4 Å². The first-order valence-electron chi connectivity index (χ1n) is 8.66. The summed E-state index contributed by atoms with van der Waals surface area (Å²) < 4.78 is 7.26. The number of rotatable bonds is 3. The van der Waals surface area contributed by atoms with Gasteiger partial charge in [-0.25, -0.2) is 0 Å². The van der Waals surface area contributed by atoms with E-state index in [4.69, 9.17) is 4.74 Å². The van der Waals surface area contributed by atoms with Gasteiger partial charge in [-0.2, -0.15) is 0 Å². The number of likely N-dealkylation sites (tertiary alicyclic amines) is 1. The second kappa shape index (κ2) is 6.49. The quantitative estimate of drug-likeness (QED) is 0.838. The van der Waals surface area contributed by atoms with Crippen LogP contribution < -0.4 is 0 Å². The van der Waals surface area contributed by atoms with E-state index in [1.165, 1.54) is 0 Å². The zero-order valence-electron chi connectivity index (χ0n) is 14.0. The van der Waals surface area contributed by atoms with Crippen LogP contribution in [0.1, 0.15) is 23.7 Å². The third-order valence-electron chi connectivity index (χ3n) is 5.27. The van der Waals surface area contributed by atoms with E-state index in [-0.39, 0.29) is 5.91 Å². The zero-order valence-corrected chi connectivity index (χ0v) is 14.0. The molecule has 4 rings (SSSR count). The molecule has 4 heterocycles. The lowest BCUT2D eigenvalue weighted by atomic mass is 9.99. The summed E-state index contributed by atoms with van der Waals surface area (Å²) in [6.45, 7) is 7.38. The standard InChI is InChI=1S/C17H23N5O2/c1-2-13-9-21(11-15(13)20-5-7-24-8-6-20)17(23)14-3-4-16-19-18-12-22(16)10-14/h3-4,10,12-13,15H,2,5-9,11H2,1H3/t13-,15-/m1/s1. The molecule has 2 aliphatic heterocycles. The molecule has 0 spiro atoms. The van der Waals surface area contributed by atoms with Crippen LogP contribution in [0.4, 0.5) is 0 Å². The third kappa shape index (κ3) is 2.78. The number of amides is 1. The molecule has 7 nitrogen and oxygen atoms in total. The number of ether oxygens (including phenoxy) is 1. The largest absolute Gasteiger partial charge is 0.379 e. The van der Waals surface area contributed by atoms with Gasteiger partial charge in [0.15, 0.2) is 5.65 Å². The molecule has 2 aliphatic rings. The van der Waals surface area contributed by atoms with Crippen LogP contribution in [0.5, 0.6) is 0 Å². The number of fused-ring (bicyclic) bond motifs is 1. The molecular formula is C17H23N5O2. The molecule has 24 heavy (non-hydrogen) atoms. The van der Waals surface area contributed by atoms with Crippen molar-refractivity contribution in [2.75, 3.05) is 39.4 Å². The van der Waals surface area contributed by atoms with Crippen molar-refractivity contribution in [2.45, 2.75) is 19.4 Å². The van der Waals surface area contributed by atoms with Gasteiger partial charge in [-0.1, -0.05) is 13.3 Å². The highest BCUT2D eigenvalue weighted by Gasteiger charge is 2.38. The molecule has 0 saturated carbocycles. The molecule has 2 aromatic heterocycles. The number of pyridine rings is 1. The minimum atomic E-state index is 0.0970. The number of nitrogens with zero attached hydrogens (tertiary/aromatic N) is 5. The summed E-state index contributed by atoms with van der Waals surface area (Å²) >= 11 is 0. The predicted octanol–water partition coefficient (Wildman–Crippen LogP) is 0.912. The van der Waals surface area contributed by atoms with Crippen LogP contribution in [0.2, 0.25) is 0 Å². The van der Waals surface area contributed by atoms with E-state index in [0.29, 0.717) is 17.5 Å². The van der Waals surface area contributed by atoms with Crippen LogP contribution in [0.15, 0.2) is 24.7 Å². The lowest BCUT2D eigenvalue weighted by molar-refractivity contribution is 0.0103. The Morgan fingerprint density at radius 1 is 1.29 bits per heavy atom. The fourth-order valence-corrected chi connectivity index (χ4v) is 3.88. The maximum absolute atomic E-state index is 12.9. The average Bonchev–Trinajstić information content (AvgIpc) is 3.27. The molecular weight excluding hydrogens is 306 g/mol. The van der Waals surface area contributed by atoms with Gasteiger partial charge in [-0.15, -0.1) is 10.2 Å². The van der Waals surface area contributed by atoms with E-state index < -0.39 is 0 Å². The summed E-state index contributed by atoms with van der Waals surface area (Å²) in [5.41, 5.74) is 1.45. The van der Waals surface area contributed by atoms with Crippen LogP contribution in [0.25, 0.3) is 5.65 Å². The van der Waals surface area contributed by atoms with Crippen molar-refractivity contribution in [3.8, 4) is 0 Å². The normalized spacial score (nSPS) is 25.5. The Morgan fingerprint density at radius 3 is 2.92 bits per heavy atom. The zero-order chi connectivity index (χ0) is 16.5. The molecule has 0 aromatic carbocycles. The number of hydrogen-bond donors (Lipinski definition) is 0. The summed E-state index contributed by atoms with van der Waals surface area (Å²) in [6.07, 6.45) is 4.54. The minimum absolute atomic E-state index is 0.0970. The molecule has 2 fully saturated rings. The van der Waals surface area contributed by atoms with Gasteiger partial charge in [0.05, 0.1) is 18.8 Å². The monoisotopic (exact) mass is 329 g/mol. The van der Waals surface area contributed by atoms with Crippen LogP contribution in [0.3, 0.4) is 0 Å². The average molecular weight is 329 g/mol. The lowest BCUT2D eigenvalue weighted by Crippen LogP contribution is -2.47. The highest BCUT2D eigenvalue weighted by molar-refractivity contribution is 5.94. The predicted molar refractivity (Wildman–Crippen MR) is 88.9 cm³/mol. The SMILES string of the molecule is CC[C@@H]1CN(C(=O)c2ccc3nncn3c2)C[C@H]1N1CCOCC1. The molecule has 1 amide bonds. The molecule has 2 saturated heterocycles. The van der Waals surface area contributed by atoms with Gasteiger partial charge in [0.25, 0.3) is 5.91 Å². The van der Waals surface area contributed by atoms with Gasteiger partial charge >= 0.3 is 0 Å². The Kier molecular flexibility index (Phi) is 4.20. The topological polar surface area (TPSA) is 63.0 Å². The number of carbonyl (C=O) groups is 1. The Bertz CT molecular complexity index is 725. The highest BCUT2D eigenvalue weighted by Crippen LogP contribution is 2.26. The van der Waals surface area contributed by atoms with E-state index in [9.17, 15) is 4.79 Å². The van der Waals surface area contributed by atoms with Gasteiger partial charge < -0.3 is 9.64 Å². The fraction of sp³-hybridized carbons (Fsp3) is 0.588. The minimum Gasteiger partial charge on any atom is -0.379 e. The van der Waals surface area contributed by atoms with Crippen molar-refractivity contribution in [2.24, 2.45) is 5.92 Å². The summed E-state index contributed by atoms with van der Waals surface area (Å²) in [5, 5.41) is 7.85.